The summed E-state index contributed by atoms with van der Waals surface area (Å²) in [6.07, 6.45) is 3.16. The van der Waals surface area contributed by atoms with Gasteiger partial charge in [0.15, 0.2) is 0 Å². The van der Waals surface area contributed by atoms with Gasteiger partial charge in [0.1, 0.15) is 0 Å². The molecule has 7 rings (SSSR count). The Bertz CT molecular complexity index is 2140. The van der Waals surface area contributed by atoms with Crippen LogP contribution in [0.3, 0.4) is 0 Å². The summed E-state index contributed by atoms with van der Waals surface area (Å²) < 4.78 is 8.43. The van der Waals surface area contributed by atoms with Crippen LogP contribution in [0.4, 0.5) is 0 Å². The minimum Gasteiger partial charge on any atom is -0.486 e. The number of pyridine rings is 2. The zero-order valence-electron chi connectivity index (χ0n) is 28.5. The van der Waals surface area contributed by atoms with Gasteiger partial charge in [-0.15, -0.1) is 54.1 Å². The monoisotopic (exact) mass is 815 g/mol. The Morgan fingerprint density at radius 1 is 0.851 bits per heavy atom. The van der Waals surface area contributed by atoms with Gasteiger partial charge in [0, 0.05) is 43.4 Å². The Balaban J connectivity index is 0.000000197. The number of furan rings is 1. The molecule has 7 heteroatoms. The molecule has 47 heavy (non-hydrogen) atoms. The molecule has 4 heterocycles. The first-order valence-corrected chi connectivity index (χ1v) is 19.7. The largest absolute Gasteiger partial charge is 0.486 e. The van der Waals surface area contributed by atoms with E-state index in [1.165, 1.54) is 16.3 Å². The Kier molecular flexibility index (Phi) is 10.3. The fraction of sp³-hybridized carbons (Fsp3) is 0.275. The van der Waals surface area contributed by atoms with E-state index in [0.717, 1.165) is 56.6 Å². The molecule has 7 aromatic rings. The summed E-state index contributed by atoms with van der Waals surface area (Å²) in [5, 5.41) is 3.55. The number of benzene rings is 3. The number of fused-ring (bicyclic) bond motifs is 4. The molecule has 0 amide bonds. The maximum atomic E-state index is 6.16. The van der Waals surface area contributed by atoms with Crippen LogP contribution in [0, 0.1) is 25.0 Å². The summed E-state index contributed by atoms with van der Waals surface area (Å²) in [6, 6.07) is 33.6. The summed E-state index contributed by atoms with van der Waals surface area (Å²) in [6.45, 7) is 18.0. The van der Waals surface area contributed by atoms with Crippen LogP contribution in [-0.2, 0) is 26.5 Å². The fourth-order valence-corrected chi connectivity index (χ4v) is 7.70. The molecule has 0 aliphatic rings. The second-order valence-electron chi connectivity index (χ2n) is 13.7. The quantitative estimate of drug-likeness (QED) is 0.124. The third-order valence-corrected chi connectivity index (χ3v) is 10.2. The van der Waals surface area contributed by atoms with Gasteiger partial charge in [-0.3, -0.25) is 4.98 Å². The van der Waals surface area contributed by atoms with Crippen LogP contribution in [0.2, 0.25) is 19.6 Å². The van der Waals surface area contributed by atoms with E-state index >= 15 is 0 Å². The van der Waals surface area contributed by atoms with Gasteiger partial charge < -0.3 is 14.0 Å². The Hall–Kier alpha value is -3.90. The predicted molar refractivity (Wildman–Crippen MR) is 194 cm³/mol. The maximum absolute atomic E-state index is 6.16. The Morgan fingerprint density at radius 2 is 1.62 bits per heavy atom. The second-order valence-corrected chi connectivity index (χ2v) is 18.8. The van der Waals surface area contributed by atoms with E-state index in [1.807, 2.05) is 49.4 Å². The first-order valence-electron chi connectivity index (χ1n) is 16.2. The number of nitrogens with zero attached hydrogens (tertiary/aromatic N) is 4. The van der Waals surface area contributed by atoms with E-state index in [4.69, 9.17) is 14.4 Å². The number of para-hydroxylation sites is 2. The molecule has 0 spiro atoms. The molecule has 0 aliphatic carbocycles. The summed E-state index contributed by atoms with van der Waals surface area (Å²) in [7, 11) is -1.46. The number of hydrogen-bond acceptors (Lipinski definition) is 4. The molecule has 0 saturated heterocycles. The van der Waals surface area contributed by atoms with Crippen LogP contribution >= 0.6 is 0 Å². The van der Waals surface area contributed by atoms with Crippen molar-refractivity contribution in [2.45, 2.75) is 66.7 Å². The second kappa shape index (κ2) is 14.1. The van der Waals surface area contributed by atoms with Gasteiger partial charge >= 0.3 is 0 Å². The minimum absolute atomic E-state index is 0. The fourth-order valence-electron chi connectivity index (χ4n) is 6.11. The molecule has 3 aromatic carbocycles. The van der Waals surface area contributed by atoms with Crippen LogP contribution < -0.4 is 5.19 Å². The van der Waals surface area contributed by atoms with Crippen LogP contribution in [0.5, 0.6) is 0 Å². The average Bonchev–Trinajstić information content (AvgIpc) is 3.59. The van der Waals surface area contributed by atoms with Gasteiger partial charge in [-0.25, -0.2) is 4.98 Å². The molecule has 0 bridgehead atoms. The molecule has 243 valence electrons. The molecule has 0 fully saturated rings. The number of aryl methyl sites for hydroxylation is 1. The van der Waals surface area contributed by atoms with E-state index in [0.29, 0.717) is 17.7 Å². The maximum Gasteiger partial charge on any atom is 0.216 e. The van der Waals surface area contributed by atoms with Gasteiger partial charge in [0.05, 0.1) is 30.5 Å². The third kappa shape index (κ3) is 7.18. The molecule has 4 aromatic heterocycles. The first-order chi connectivity index (χ1) is 22.0. The van der Waals surface area contributed by atoms with Crippen LogP contribution in [0.15, 0.2) is 89.5 Å². The summed E-state index contributed by atoms with van der Waals surface area (Å²) in [5.74, 6) is 1.59. The van der Waals surface area contributed by atoms with Gasteiger partial charge in [0.2, 0.25) is 5.71 Å². The molecule has 0 atom stereocenters. The van der Waals surface area contributed by atoms with Crippen molar-refractivity contribution in [1.29, 1.82) is 0 Å². The van der Waals surface area contributed by atoms with Crippen molar-refractivity contribution in [3.05, 3.63) is 108 Å². The van der Waals surface area contributed by atoms with Gasteiger partial charge in [-0.1, -0.05) is 68.2 Å². The number of aromatic nitrogens is 4. The zero-order chi connectivity index (χ0) is 32.6. The first kappa shape index (κ1) is 34.4. The van der Waals surface area contributed by atoms with E-state index in [-0.39, 0.29) is 20.1 Å². The third-order valence-electron chi connectivity index (χ3n) is 8.18. The summed E-state index contributed by atoms with van der Waals surface area (Å²) in [4.78, 5) is 14.1. The van der Waals surface area contributed by atoms with Gasteiger partial charge in [-0.2, -0.15) is 0 Å². The molecule has 0 N–H and O–H groups in total. The SMILES string of the molecule is CC(C)n1c(-c2[c-]cccc2)nc2ccccc21.Cc1ccc2c(n1)oc1c(-c3cc(CC(C)C)c([Si](C)(C)C)cn3)[c-]ccc12.[Ir]. The van der Waals surface area contributed by atoms with E-state index < -0.39 is 8.07 Å². The van der Waals surface area contributed by atoms with E-state index in [9.17, 15) is 0 Å². The van der Waals surface area contributed by atoms with Gasteiger partial charge in [0.25, 0.3) is 0 Å². The Labute approximate surface area is 292 Å². The summed E-state index contributed by atoms with van der Waals surface area (Å²) >= 11 is 0. The Morgan fingerprint density at radius 3 is 2.32 bits per heavy atom. The number of hydrogen-bond donors (Lipinski definition) is 0. The topological polar surface area (TPSA) is 56.7 Å². The molecular weight excluding hydrogens is 773 g/mol. The van der Waals surface area contributed by atoms with Crippen molar-refractivity contribution >= 4 is 46.4 Å². The van der Waals surface area contributed by atoms with Crippen LogP contribution in [0.25, 0.3) is 55.7 Å². The van der Waals surface area contributed by atoms with Crippen molar-refractivity contribution in [2.75, 3.05) is 0 Å². The number of imidazole rings is 1. The van der Waals surface area contributed by atoms with Crippen molar-refractivity contribution in [1.82, 2.24) is 19.5 Å². The summed E-state index contributed by atoms with van der Waals surface area (Å²) in [5.41, 5.74) is 8.97. The van der Waals surface area contributed by atoms with Crippen LogP contribution in [0.1, 0.15) is 45.0 Å². The molecule has 5 nitrogen and oxygen atoms in total. The molecule has 0 saturated carbocycles. The molecule has 0 aliphatic heterocycles. The molecule has 0 unspecified atom stereocenters. The van der Waals surface area contributed by atoms with Crippen LogP contribution in [-0.4, -0.2) is 27.6 Å². The number of rotatable bonds is 6. The molecular formula is C40H42IrN4OSi-2. The van der Waals surface area contributed by atoms with Crippen molar-refractivity contribution < 1.29 is 24.5 Å². The smallest absolute Gasteiger partial charge is 0.216 e. The van der Waals surface area contributed by atoms with Crippen molar-refractivity contribution in [3.8, 4) is 22.6 Å². The van der Waals surface area contributed by atoms with Crippen molar-refractivity contribution in [2.24, 2.45) is 5.92 Å². The van der Waals surface area contributed by atoms with E-state index in [2.05, 4.69) is 112 Å². The van der Waals surface area contributed by atoms with Crippen molar-refractivity contribution in [3.63, 3.8) is 0 Å². The van der Waals surface area contributed by atoms with E-state index in [1.54, 1.807) is 0 Å². The van der Waals surface area contributed by atoms with Gasteiger partial charge in [-0.05, 0) is 68.3 Å². The normalized spacial score (nSPS) is 11.7. The molecule has 1 radical (unpaired) electrons. The zero-order valence-corrected chi connectivity index (χ0v) is 31.9. The predicted octanol–water partition coefficient (Wildman–Crippen LogP) is 9.98. The standard InChI is InChI=1S/C24H27N2OSi.C16H15N2.Ir/c1-15(2)12-17-13-21(25-14-22(17)28(4,5)6)20-9-7-8-18-19-11-10-16(3)26-24(19)27-23(18)20;1-12(2)18-15-11-7-6-10-14(15)17-16(18)13-8-4-3-5-9-13;/h7-8,10-11,13-15H,12H2,1-6H3;3-8,10-12H,1-2H3;/q2*-1;. The minimum atomic E-state index is -1.46. The average molecular weight is 815 g/mol.